The Kier molecular flexibility index (Phi) is 7.63. The van der Waals surface area contributed by atoms with Crippen molar-refractivity contribution in [2.45, 2.75) is 26.4 Å². The van der Waals surface area contributed by atoms with Crippen molar-refractivity contribution >= 4 is 34.5 Å². The van der Waals surface area contributed by atoms with Crippen molar-refractivity contribution in [3.05, 3.63) is 76.3 Å². The number of hydrogen-bond donors (Lipinski definition) is 4. The smallest absolute Gasteiger partial charge is 0.271 e. The van der Waals surface area contributed by atoms with Crippen LogP contribution in [-0.4, -0.2) is 35.0 Å². The first-order valence-electron chi connectivity index (χ1n) is 10.1. The Balaban J connectivity index is 1.77. The van der Waals surface area contributed by atoms with Gasteiger partial charge in [-0.05, 0) is 40.5 Å². The zero-order valence-electron chi connectivity index (χ0n) is 17.5. The van der Waals surface area contributed by atoms with Crippen LogP contribution in [0.4, 0.5) is 0 Å². The molecule has 0 radical (unpaired) electrons. The number of nitrogens with zero attached hydrogens (tertiary/aromatic N) is 1. The van der Waals surface area contributed by atoms with E-state index in [2.05, 4.69) is 29.7 Å². The van der Waals surface area contributed by atoms with Crippen LogP contribution < -0.4 is 10.7 Å². The lowest BCUT2D eigenvalue weighted by Crippen LogP contribution is -2.36. The molecule has 3 rings (SSSR count). The lowest BCUT2D eigenvalue weighted by atomic mass is 9.99. The molecular formula is C24H26ClN3O3. The van der Waals surface area contributed by atoms with Crippen LogP contribution in [0.25, 0.3) is 10.8 Å². The average molecular weight is 440 g/mol. The van der Waals surface area contributed by atoms with Crippen molar-refractivity contribution in [1.82, 2.24) is 10.7 Å². The molecule has 0 aromatic heterocycles. The van der Waals surface area contributed by atoms with Gasteiger partial charge >= 0.3 is 0 Å². The van der Waals surface area contributed by atoms with Gasteiger partial charge in [0.2, 0.25) is 0 Å². The summed E-state index contributed by atoms with van der Waals surface area (Å²) in [5, 5.41) is 28.7. The van der Waals surface area contributed by atoms with E-state index in [9.17, 15) is 15.0 Å². The highest BCUT2D eigenvalue weighted by atomic mass is 35.5. The van der Waals surface area contributed by atoms with E-state index in [1.807, 2.05) is 36.4 Å². The molecule has 3 aromatic carbocycles. The monoisotopic (exact) mass is 439 g/mol. The van der Waals surface area contributed by atoms with Crippen LogP contribution in [0.1, 0.15) is 35.3 Å². The van der Waals surface area contributed by atoms with Crippen LogP contribution in [-0.2, 0) is 6.54 Å². The third-order valence-corrected chi connectivity index (χ3v) is 5.49. The summed E-state index contributed by atoms with van der Waals surface area (Å²) in [5.74, 6) is -0.178. The second-order valence-electron chi connectivity index (χ2n) is 7.64. The minimum absolute atomic E-state index is 0.0311. The molecule has 0 fully saturated rings. The Morgan fingerprint density at radius 3 is 2.55 bits per heavy atom. The Hall–Kier alpha value is -2.93. The van der Waals surface area contributed by atoms with Crippen molar-refractivity contribution < 1.29 is 15.0 Å². The molecule has 0 aliphatic carbocycles. The second-order valence-corrected chi connectivity index (χ2v) is 8.05. The largest absolute Gasteiger partial charge is 0.506 e. The number of aliphatic hydroxyl groups excluding tert-OH is 1. The third kappa shape index (κ3) is 5.61. The summed E-state index contributed by atoms with van der Waals surface area (Å²) in [5.41, 5.74) is 4.77. The molecule has 1 atom stereocenters. The predicted molar refractivity (Wildman–Crippen MR) is 125 cm³/mol. The molecule has 7 heteroatoms. The molecule has 162 valence electrons. The quantitative estimate of drug-likeness (QED) is 0.314. The normalized spacial score (nSPS) is 12.5. The minimum Gasteiger partial charge on any atom is -0.506 e. The summed E-state index contributed by atoms with van der Waals surface area (Å²) in [7, 11) is 0. The summed E-state index contributed by atoms with van der Waals surface area (Å²) in [6, 6.07) is 16.2. The Bertz CT molecular complexity index is 1100. The Morgan fingerprint density at radius 2 is 1.87 bits per heavy atom. The second kappa shape index (κ2) is 10.4. The van der Waals surface area contributed by atoms with Crippen LogP contribution in [0.5, 0.6) is 5.75 Å². The number of hydrogen-bond acceptors (Lipinski definition) is 5. The van der Waals surface area contributed by atoms with Crippen molar-refractivity contribution in [2.75, 3.05) is 6.61 Å². The number of hydrazone groups is 1. The number of fused-ring (bicyclic) bond motifs is 1. The molecule has 0 heterocycles. The number of aliphatic hydroxyl groups is 1. The van der Waals surface area contributed by atoms with Crippen molar-refractivity contribution in [2.24, 2.45) is 11.0 Å². The Morgan fingerprint density at radius 1 is 1.13 bits per heavy atom. The van der Waals surface area contributed by atoms with Gasteiger partial charge < -0.3 is 15.5 Å². The van der Waals surface area contributed by atoms with Gasteiger partial charge in [-0.15, -0.1) is 0 Å². The minimum atomic E-state index is -0.424. The lowest BCUT2D eigenvalue weighted by Gasteiger charge is -2.20. The van der Waals surface area contributed by atoms with Gasteiger partial charge in [0.1, 0.15) is 5.75 Å². The molecule has 0 aliphatic heterocycles. The van der Waals surface area contributed by atoms with Crippen LogP contribution >= 0.6 is 11.6 Å². The van der Waals surface area contributed by atoms with Gasteiger partial charge in [0, 0.05) is 23.7 Å². The van der Waals surface area contributed by atoms with E-state index >= 15 is 0 Å². The molecule has 3 aromatic rings. The highest BCUT2D eigenvalue weighted by Crippen LogP contribution is 2.24. The molecule has 0 saturated carbocycles. The number of carbonyl (C=O) groups excluding carboxylic acids is 1. The van der Waals surface area contributed by atoms with Crippen molar-refractivity contribution in [1.29, 1.82) is 0 Å². The summed E-state index contributed by atoms with van der Waals surface area (Å²) < 4.78 is 0. The van der Waals surface area contributed by atoms with Crippen LogP contribution in [0, 0.1) is 5.92 Å². The molecule has 4 N–H and O–H groups in total. The van der Waals surface area contributed by atoms with Crippen LogP contribution in [0.3, 0.4) is 0 Å². The highest BCUT2D eigenvalue weighted by Gasteiger charge is 2.12. The van der Waals surface area contributed by atoms with E-state index in [1.165, 1.54) is 18.2 Å². The molecule has 1 amide bonds. The molecule has 1 unspecified atom stereocenters. The van der Waals surface area contributed by atoms with Gasteiger partial charge in [0.25, 0.3) is 5.91 Å². The maximum atomic E-state index is 12.3. The molecular weight excluding hydrogens is 414 g/mol. The lowest BCUT2D eigenvalue weighted by molar-refractivity contribution is 0.0955. The maximum Gasteiger partial charge on any atom is 0.271 e. The molecule has 0 saturated heterocycles. The number of halogens is 1. The number of nitrogens with one attached hydrogen (secondary N) is 2. The number of phenols is 1. The topological polar surface area (TPSA) is 94.0 Å². The Labute approximate surface area is 186 Å². The predicted octanol–water partition coefficient (Wildman–Crippen LogP) is 4.07. The highest BCUT2D eigenvalue weighted by molar-refractivity contribution is 6.32. The van der Waals surface area contributed by atoms with E-state index in [0.29, 0.717) is 18.0 Å². The number of amides is 1. The number of benzene rings is 3. The SMILES string of the molecule is CC(C)C(CO)NCc1ccc(/C=N/NC(=O)c2ccc(O)c(Cl)c2)c2ccccc12. The van der Waals surface area contributed by atoms with E-state index in [0.717, 1.165) is 21.9 Å². The van der Waals surface area contributed by atoms with Gasteiger partial charge in [0.15, 0.2) is 0 Å². The zero-order chi connectivity index (χ0) is 22.4. The third-order valence-electron chi connectivity index (χ3n) is 5.18. The van der Waals surface area contributed by atoms with E-state index < -0.39 is 5.91 Å². The van der Waals surface area contributed by atoms with Crippen molar-refractivity contribution in [3.63, 3.8) is 0 Å². The first kappa shape index (κ1) is 22.7. The van der Waals surface area contributed by atoms with Crippen molar-refractivity contribution in [3.8, 4) is 5.75 Å². The molecule has 0 bridgehead atoms. The van der Waals surface area contributed by atoms with Gasteiger partial charge in [-0.3, -0.25) is 4.79 Å². The van der Waals surface area contributed by atoms with E-state index in [-0.39, 0.29) is 23.4 Å². The molecule has 31 heavy (non-hydrogen) atoms. The fraction of sp³-hybridized carbons (Fsp3) is 0.250. The number of rotatable bonds is 8. The standard InChI is InChI=1S/C24H26ClN3O3/c1-15(2)22(14-29)26-12-17-7-8-18(20-6-4-3-5-19(17)20)13-27-28-24(31)16-9-10-23(30)21(25)11-16/h3-11,13,15,22,26,29-30H,12,14H2,1-2H3,(H,28,31)/b27-13+. The van der Waals surface area contributed by atoms with Crippen LogP contribution in [0.15, 0.2) is 59.7 Å². The zero-order valence-corrected chi connectivity index (χ0v) is 18.2. The summed E-state index contributed by atoms with van der Waals surface area (Å²) in [6.45, 7) is 4.88. The number of carbonyl (C=O) groups is 1. The number of aromatic hydroxyl groups is 1. The fourth-order valence-corrected chi connectivity index (χ4v) is 3.46. The molecule has 0 spiro atoms. The summed E-state index contributed by atoms with van der Waals surface area (Å²) >= 11 is 5.85. The first-order chi connectivity index (χ1) is 14.9. The summed E-state index contributed by atoms with van der Waals surface area (Å²) in [6.07, 6.45) is 1.60. The molecule has 0 aliphatic rings. The average Bonchev–Trinajstić information content (AvgIpc) is 2.76. The van der Waals surface area contributed by atoms with Gasteiger partial charge in [-0.25, -0.2) is 5.43 Å². The van der Waals surface area contributed by atoms with Gasteiger partial charge in [-0.1, -0.05) is 61.8 Å². The van der Waals surface area contributed by atoms with E-state index in [4.69, 9.17) is 11.6 Å². The maximum absolute atomic E-state index is 12.3. The summed E-state index contributed by atoms with van der Waals surface area (Å²) in [4.78, 5) is 12.3. The van der Waals surface area contributed by atoms with Gasteiger partial charge in [0.05, 0.1) is 17.8 Å². The van der Waals surface area contributed by atoms with Gasteiger partial charge in [-0.2, -0.15) is 5.10 Å². The molecule has 6 nitrogen and oxygen atoms in total. The fourth-order valence-electron chi connectivity index (χ4n) is 3.28. The number of phenolic OH excluding ortho intramolecular Hbond substituents is 1. The van der Waals surface area contributed by atoms with Crippen LogP contribution in [0.2, 0.25) is 5.02 Å². The first-order valence-corrected chi connectivity index (χ1v) is 10.4. The van der Waals surface area contributed by atoms with E-state index in [1.54, 1.807) is 6.21 Å².